The van der Waals surface area contributed by atoms with E-state index >= 15 is 0 Å². The molecule has 0 aromatic rings. The summed E-state index contributed by atoms with van der Waals surface area (Å²) in [7, 11) is 0. The summed E-state index contributed by atoms with van der Waals surface area (Å²) in [6.45, 7) is 2.57. The van der Waals surface area contributed by atoms with E-state index in [1.807, 2.05) is 0 Å². The van der Waals surface area contributed by atoms with Crippen molar-refractivity contribution in [2.24, 2.45) is 17.0 Å². The summed E-state index contributed by atoms with van der Waals surface area (Å²) in [5, 5.41) is 12.3. The van der Waals surface area contributed by atoms with Crippen molar-refractivity contribution in [3.63, 3.8) is 0 Å². The highest BCUT2D eigenvalue weighted by atomic mass is 16.4. The molecule has 2 aliphatic carbocycles. The van der Waals surface area contributed by atoms with E-state index < -0.39 is 0 Å². The minimum Gasteiger partial charge on any atom is -0.411 e. The molecule has 0 aromatic heterocycles. The quantitative estimate of drug-likeness (QED) is 0.561. The van der Waals surface area contributed by atoms with Crippen molar-refractivity contribution < 1.29 is 5.21 Å². The van der Waals surface area contributed by atoms with Gasteiger partial charge in [-0.1, -0.05) is 24.4 Å². The summed E-state index contributed by atoms with van der Waals surface area (Å²) in [5.74, 6) is 1.65. The van der Waals surface area contributed by atoms with Gasteiger partial charge in [0.2, 0.25) is 0 Å². The Morgan fingerprint density at radius 2 is 1.76 bits per heavy atom. The molecule has 0 bridgehead atoms. The highest BCUT2D eigenvalue weighted by molar-refractivity contribution is 5.84. The van der Waals surface area contributed by atoms with Gasteiger partial charge in [-0.05, 0) is 43.9 Å². The van der Waals surface area contributed by atoms with Crippen LogP contribution in [0, 0.1) is 11.8 Å². The first-order valence-electron chi connectivity index (χ1n) is 7.30. The van der Waals surface area contributed by atoms with Crippen molar-refractivity contribution in [2.75, 3.05) is 13.1 Å². The Balaban J connectivity index is 1.60. The van der Waals surface area contributed by atoms with Crippen molar-refractivity contribution >= 4 is 5.71 Å². The smallest absolute Gasteiger partial charge is 0.0574 e. The second-order valence-electron chi connectivity index (χ2n) is 6.17. The van der Waals surface area contributed by atoms with Gasteiger partial charge < -0.3 is 5.21 Å². The number of fused-ring (bicyclic) bond motifs is 1. The van der Waals surface area contributed by atoms with Crippen LogP contribution in [0.15, 0.2) is 5.16 Å². The summed E-state index contributed by atoms with van der Waals surface area (Å²) in [6.07, 6.45) is 10.5. The van der Waals surface area contributed by atoms with Crippen molar-refractivity contribution in [1.82, 2.24) is 4.90 Å². The molecule has 2 saturated carbocycles. The molecular weight excluding hydrogens is 212 g/mol. The molecule has 0 amide bonds. The molecule has 0 radical (unpaired) electrons. The Kier molecular flexibility index (Phi) is 3.37. The van der Waals surface area contributed by atoms with Crippen LogP contribution in [0.2, 0.25) is 0 Å². The topological polar surface area (TPSA) is 35.8 Å². The van der Waals surface area contributed by atoms with Gasteiger partial charge in [0, 0.05) is 19.1 Å². The molecule has 3 aliphatic rings. The molecule has 96 valence electrons. The van der Waals surface area contributed by atoms with Gasteiger partial charge in [-0.25, -0.2) is 0 Å². The van der Waals surface area contributed by atoms with Gasteiger partial charge >= 0.3 is 0 Å². The van der Waals surface area contributed by atoms with E-state index in [2.05, 4.69) is 10.1 Å². The molecule has 0 spiro atoms. The van der Waals surface area contributed by atoms with Gasteiger partial charge in [-0.3, -0.25) is 4.90 Å². The van der Waals surface area contributed by atoms with Crippen molar-refractivity contribution in [3.8, 4) is 0 Å². The number of nitrogens with zero attached hydrogens (tertiary/aromatic N) is 2. The van der Waals surface area contributed by atoms with E-state index in [4.69, 9.17) is 5.21 Å². The van der Waals surface area contributed by atoms with Crippen LogP contribution in [0.1, 0.15) is 51.4 Å². The molecule has 0 unspecified atom stereocenters. The van der Waals surface area contributed by atoms with Gasteiger partial charge in [0.25, 0.3) is 0 Å². The molecular formula is C14H24N2O. The molecule has 1 saturated heterocycles. The maximum absolute atomic E-state index is 8.90. The van der Waals surface area contributed by atoms with Crippen LogP contribution in [0.4, 0.5) is 0 Å². The van der Waals surface area contributed by atoms with Gasteiger partial charge in [0.1, 0.15) is 0 Å². The van der Waals surface area contributed by atoms with Crippen LogP contribution >= 0.6 is 0 Å². The van der Waals surface area contributed by atoms with Crippen LogP contribution in [-0.2, 0) is 0 Å². The lowest BCUT2D eigenvalue weighted by molar-refractivity contribution is 0.182. The number of oxime groups is 1. The summed E-state index contributed by atoms with van der Waals surface area (Å²) in [5.41, 5.74) is 1.04. The predicted molar refractivity (Wildman–Crippen MR) is 68.5 cm³/mol. The highest BCUT2D eigenvalue weighted by Crippen LogP contribution is 2.37. The Morgan fingerprint density at radius 3 is 2.53 bits per heavy atom. The molecule has 3 rings (SSSR count). The SMILES string of the molecule is O/N=C1/CC[C@H]2CN(C3CCCCC3)C[C@H]2C1. The molecule has 17 heavy (non-hydrogen) atoms. The zero-order valence-corrected chi connectivity index (χ0v) is 10.6. The normalized spacial score (nSPS) is 38.5. The second kappa shape index (κ2) is 4.97. The van der Waals surface area contributed by atoms with Gasteiger partial charge in [-0.15, -0.1) is 0 Å². The lowest BCUT2D eigenvalue weighted by Crippen LogP contribution is -2.35. The van der Waals surface area contributed by atoms with Crippen LogP contribution in [0.5, 0.6) is 0 Å². The van der Waals surface area contributed by atoms with Crippen molar-refractivity contribution in [1.29, 1.82) is 0 Å². The van der Waals surface area contributed by atoms with E-state index in [1.54, 1.807) is 0 Å². The molecule has 1 N–H and O–H groups in total. The monoisotopic (exact) mass is 236 g/mol. The Morgan fingerprint density at radius 1 is 1.00 bits per heavy atom. The third-order valence-electron chi connectivity index (χ3n) is 5.14. The lowest BCUT2D eigenvalue weighted by atomic mass is 9.81. The first kappa shape index (κ1) is 11.5. The molecule has 0 aromatic carbocycles. The molecule has 3 heteroatoms. The standard InChI is InChI=1S/C14H24N2O/c17-15-13-7-6-11-9-16(10-12(11)8-13)14-4-2-1-3-5-14/h11-12,14,17H,1-10H2/b15-13-/t11-,12+/m0/s1. The third kappa shape index (κ3) is 2.35. The van der Waals surface area contributed by atoms with Gasteiger partial charge in [0.15, 0.2) is 0 Å². The Labute approximate surface area is 104 Å². The number of likely N-dealkylation sites (tertiary alicyclic amines) is 1. The molecule has 1 heterocycles. The third-order valence-corrected chi connectivity index (χ3v) is 5.14. The summed E-state index contributed by atoms with van der Waals surface area (Å²) in [6, 6.07) is 0.865. The minimum absolute atomic E-state index is 0.775. The van der Waals surface area contributed by atoms with Crippen LogP contribution in [0.3, 0.4) is 0 Å². The fourth-order valence-corrected chi connectivity index (χ4v) is 4.13. The second-order valence-corrected chi connectivity index (χ2v) is 6.17. The zero-order chi connectivity index (χ0) is 11.7. The molecule has 1 aliphatic heterocycles. The van der Waals surface area contributed by atoms with Crippen molar-refractivity contribution in [2.45, 2.75) is 57.4 Å². The molecule has 3 fully saturated rings. The van der Waals surface area contributed by atoms with E-state index in [0.717, 1.165) is 36.4 Å². The number of hydrogen-bond donors (Lipinski definition) is 1. The van der Waals surface area contributed by atoms with E-state index in [9.17, 15) is 0 Å². The first-order valence-corrected chi connectivity index (χ1v) is 7.30. The Hall–Kier alpha value is -0.570. The van der Waals surface area contributed by atoms with Crippen molar-refractivity contribution in [3.05, 3.63) is 0 Å². The summed E-state index contributed by atoms with van der Waals surface area (Å²) < 4.78 is 0. The average molecular weight is 236 g/mol. The van der Waals surface area contributed by atoms with Gasteiger partial charge in [0.05, 0.1) is 5.71 Å². The number of rotatable bonds is 1. The zero-order valence-electron chi connectivity index (χ0n) is 10.6. The minimum atomic E-state index is 0.775. The predicted octanol–water partition coefficient (Wildman–Crippen LogP) is 2.88. The fourth-order valence-electron chi connectivity index (χ4n) is 4.13. The van der Waals surface area contributed by atoms with Crippen LogP contribution in [-0.4, -0.2) is 35.0 Å². The molecule has 2 atom stereocenters. The first-order chi connectivity index (χ1) is 8.36. The van der Waals surface area contributed by atoms with E-state index in [1.165, 1.54) is 51.6 Å². The summed E-state index contributed by atoms with van der Waals surface area (Å²) >= 11 is 0. The van der Waals surface area contributed by atoms with Gasteiger partial charge in [-0.2, -0.15) is 0 Å². The lowest BCUT2D eigenvalue weighted by Gasteiger charge is -2.31. The maximum atomic E-state index is 8.90. The highest BCUT2D eigenvalue weighted by Gasteiger charge is 2.39. The fraction of sp³-hybridized carbons (Fsp3) is 0.929. The average Bonchev–Trinajstić information content (AvgIpc) is 2.82. The number of hydrogen-bond acceptors (Lipinski definition) is 3. The Bertz CT molecular complexity index is 297. The van der Waals surface area contributed by atoms with E-state index in [-0.39, 0.29) is 0 Å². The summed E-state index contributed by atoms with van der Waals surface area (Å²) in [4.78, 5) is 2.74. The maximum Gasteiger partial charge on any atom is 0.0574 e. The van der Waals surface area contributed by atoms with Crippen LogP contribution in [0.25, 0.3) is 0 Å². The molecule has 3 nitrogen and oxygen atoms in total. The van der Waals surface area contributed by atoms with E-state index in [0.29, 0.717) is 0 Å². The van der Waals surface area contributed by atoms with Crippen LogP contribution < -0.4 is 0 Å². The largest absolute Gasteiger partial charge is 0.411 e.